The molecule has 0 aliphatic heterocycles. The fraction of sp³-hybridized carbons (Fsp3) is 0.0417. The number of fused-ring (bicyclic) bond motifs is 2. The van der Waals surface area contributed by atoms with Crippen LogP contribution in [0.5, 0.6) is 0 Å². The molecule has 3 aromatic heterocycles. The highest BCUT2D eigenvalue weighted by atomic mass is 32.1. The van der Waals surface area contributed by atoms with Gasteiger partial charge in [-0.1, -0.05) is 29.5 Å². The zero-order valence-corrected chi connectivity index (χ0v) is 17.8. The van der Waals surface area contributed by atoms with Crippen LogP contribution in [-0.2, 0) is 4.79 Å². The van der Waals surface area contributed by atoms with Crippen molar-refractivity contribution in [3.05, 3.63) is 78.6 Å². The number of carbonyl (C=O) groups is 2. The Morgan fingerprint density at radius 3 is 2.59 bits per heavy atom. The Bertz CT molecular complexity index is 1480. The Hall–Kier alpha value is -4.17. The van der Waals surface area contributed by atoms with E-state index in [0.29, 0.717) is 22.1 Å². The van der Waals surface area contributed by atoms with Crippen molar-refractivity contribution in [2.24, 2.45) is 0 Å². The number of thiazole rings is 1. The van der Waals surface area contributed by atoms with Crippen LogP contribution in [0.4, 0.5) is 10.8 Å². The van der Waals surface area contributed by atoms with Crippen molar-refractivity contribution in [2.75, 3.05) is 10.6 Å². The summed E-state index contributed by atoms with van der Waals surface area (Å²) < 4.78 is 0.863. The van der Waals surface area contributed by atoms with Crippen LogP contribution in [-0.4, -0.2) is 26.8 Å². The Morgan fingerprint density at radius 2 is 1.78 bits per heavy atom. The highest BCUT2D eigenvalue weighted by Crippen LogP contribution is 2.30. The number of nitrogens with zero attached hydrogens (tertiary/aromatic N) is 3. The van der Waals surface area contributed by atoms with Crippen molar-refractivity contribution < 1.29 is 9.59 Å². The fourth-order valence-electron chi connectivity index (χ4n) is 3.45. The van der Waals surface area contributed by atoms with E-state index in [0.717, 1.165) is 26.7 Å². The van der Waals surface area contributed by atoms with Gasteiger partial charge in [-0.25, -0.2) is 9.97 Å². The zero-order valence-electron chi connectivity index (χ0n) is 17.0. The number of amides is 2. The first kappa shape index (κ1) is 19.8. The average Bonchev–Trinajstić information content (AvgIpc) is 3.20. The van der Waals surface area contributed by atoms with Gasteiger partial charge in [-0.3, -0.25) is 19.9 Å². The van der Waals surface area contributed by atoms with Gasteiger partial charge in [0.25, 0.3) is 5.91 Å². The molecule has 5 aromatic rings. The monoisotopic (exact) mass is 439 g/mol. The normalized spacial score (nSPS) is 10.9. The van der Waals surface area contributed by atoms with Crippen LogP contribution in [0.2, 0.25) is 0 Å². The number of para-hydroxylation sites is 1. The maximum atomic E-state index is 13.3. The summed E-state index contributed by atoms with van der Waals surface area (Å²) in [5.74, 6) is -0.411. The lowest BCUT2D eigenvalue weighted by molar-refractivity contribution is -0.114. The lowest BCUT2D eigenvalue weighted by Gasteiger charge is -2.09. The van der Waals surface area contributed by atoms with E-state index in [2.05, 4.69) is 20.6 Å². The maximum Gasteiger partial charge on any atom is 0.258 e. The summed E-state index contributed by atoms with van der Waals surface area (Å²) in [6.07, 6.45) is 3.42. The van der Waals surface area contributed by atoms with Crippen LogP contribution in [0.15, 0.2) is 73.1 Å². The minimum absolute atomic E-state index is 0.142. The Kier molecular flexibility index (Phi) is 5.04. The van der Waals surface area contributed by atoms with Crippen LogP contribution in [0.25, 0.3) is 32.4 Å². The van der Waals surface area contributed by atoms with Crippen molar-refractivity contribution in [3.63, 3.8) is 0 Å². The van der Waals surface area contributed by atoms with Gasteiger partial charge in [-0.05, 0) is 42.5 Å². The number of hydrogen-bond donors (Lipinski definition) is 2. The highest BCUT2D eigenvalue weighted by Gasteiger charge is 2.16. The molecule has 32 heavy (non-hydrogen) atoms. The standard InChI is InChI=1S/C24H17N5O2S/c1-14(30)26-16-8-9-20-22(11-16)32-24(28-20)29-23(31)18-12-21(15-5-4-10-25-13-15)27-19-7-3-2-6-17(18)19/h2-13H,1H3,(H,26,30)(H,28,29,31). The van der Waals surface area contributed by atoms with E-state index in [4.69, 9.17) is 4.98 Å². The van der Waals surface area contributed by atoms with Gasteiger partial charge < -0.3 is 5.32 Å². The van der Waals surface area contributed by atoms with Gasteiger partial charge in [0, 0.05) is 36.0 Å². The first-order valence-electron chi connectivity index (χ1n) is 9.86. The number of pyridine rings is 2. The quantitative estimate of drug-likeness (QED) is 0.405. The van der Waals surface area contributed by atoms with Gasteiger partial charge in [0.1, 0.15) is 0 Å². The molecule has 2 N–H and O–H groups in total. The zero-order chi connectivity index (χ0) is 22.1. The highest BCUT2D eigenvalue weighted by molar-refractivity contribution is 7.22. The van der Waals surface area contributed by atoms with Gasteiger partial charge >= 0.3 is 0 Å². The maximum absolute atomic E-state index is 13.3. The van der Waals surface area contributed by atoms with Crippen LogP contribution in [0.3, 0.4) is 0 Å². The molecule has 156 valence electrons. The Morgan fingerprint density at radius 1 is 0.906 bits per heavy atom. The SMILES string of the molecule is CC(=O)Nc1ccc2nc(NC(=O)c3cc(-c4cccnc4)nc4ccccc34)sc2c1. The summed E-state index contributed by atoms with van der Waals surface area (Å²) in [6.45, 7) is 1.46. The number of anilines is 2. The van der Waals surface area contributed by atoms with E-state index in [-0.39, 0.29) is 11.8 Å². The second-order valence-electron chi connectivity index (χ2n) is 7.15. The topological polar surface area (TPSA) is 96.9 Å². The lowest BCUT2D eigenvalue weighted by Crippen LogP contribution is -2.13. The van der Waals surface area contributed by atoms with Crippen molar-refractivity contribution in [1.29, 1.82) is 0 Å². The minimum Gasteiger partial charge on any atom is -0.326 e. The van der Waals surface area contributed by atoms with Gasteiger partial charge in [0.05, 0.1) is 27.0 Å². The summed E-state index contributed by atoms with van der Waals surface area (Å²) in [5, 5.41) is 6.91. The van der Waals surface area contributed by atoms with Gasteiger partial charge in [0.15, 0.2) is 5.13 Å². The van der Waals surface area contributed by atoms with E-state index in [1.807, 2.05) is 48.5 Å². The van der Waals surface area contributed by atoms with Crippen molar-refractivity contribution in [1.82, 2.24) is 15.0 Å². The van der Waals surface area contributed by atoms with Gasteiger partial charge in [-0.2, -0.15) is 0 Å². The third kappa shape index (κ3) is 3.91. The second kappa shape index (κ2) is 8.16. The smallest absolute Gasteiger partial charge is 0.258 e. The van der Waals surface area contributed by atoms with Crippen LogP contribution in [0, 0.1) is 0 Å². The van der Waals surface area contributed by atoms with E-state index in [1.54, 1.807) is 24.5 Å². The number of hydrogen-bond acceptors (Lipinski definition) is 6. The molecule has 0 saturated carbocycles. The predicted molar refractivity (Wildman–Crippen MR) is 127 cm³/mol. The lowest BCUT2D eigenvalue weighted by atomic mass is 10.0. The molecule has 0 aliphatic rings. The van der Waals surface area contributed by atoms with Crippen LogP contribution < -0.4 is 10.6 Å². The minimum atomic E-state index is -0.269. The van der Waals surface area contributed by atoms with Gasteiger partial charge in [0.2, 0.25) is 5.91 Å². The number of nitrogens with one attached hydrogen (secondary N) is 2. The summed E-state index contributed by atoms with van der Waals surface area (Å²) in [6, 6.07) is 18.5. The van der Waals surface area contributed by atoms with E-state index < -0.39 is 0 Å². The van der Waals surface area contributed by atoms with Crippen molar-refractivity contribution >= 4 is 55.1 Å². The number of aromatic nitrogens is 3. The largest absolute Gasteiger partial charge is 0.326 e. The summed E-state index contributed by atoms with van der Waals surface area (Å²) >= 11 is 1.35. The van der Waals surface area contributed by atoms with E-state index in [1.165, 1.54) is 18.3 Å². The molecule has 7 nitrogen and oxygen atoms in total. The predicted octanol–water partition coefficient (Wildman–Crippen LogP) is 5.12. The molecule has 0 atom stereocenters. The molecule has 3 heterocycles. The molecule has 0 unspecified atom stereocenters. The number of rotatable bonds is 4. The molecule has 0 spiro atoms. The van der Waals surface area contributed by atoms with E-state index in [9.17, 15) is 9.59 Å². The van der Waals surface area contributed by atoms with Crippen LogP contribution >= 0.6 is 11.3 Å². The third-order valence-electron chi connectivity index (χ3n) is 4.85. The Balaban J connectivity index is 1.51. The average molecular weight is 440 g/mol. The fourth-order valence-corrected chi connectivity index (χ4v) is 4.35. The molecular formula is C24H17N5O2S. The van der Waals surface area contributed by atoms with Crippen LogP contribution in [0.1, 0.15) is 17.3 Å². The number of benzene rings is 2. The van der Waals surface area contributed by atoms with E-state index >= 15 is 0 Å². The van der Waals surface area contributed by atoms with Crippen molar-refractivity contribution in [3.8, 4) is 11.3 Å². The molecule has 2 aromatic carbocycles. The molecule has 8 heteroatoms. The molecule has 0 aliphatic carbocycles. The number of carbonyl (C=O) groups excluding carboxylic acids is 2. The first-order chi connectivity index (χ1) is 15.6. The summed E-state index contributed by atoms with van der Waals surface area (Å²) in [5.41, 5.74) is 4.17. The molecular weight excluding hydrogens is 422 g/mol. The molecule has 5 rings (SSSR count). The molecule has 0 radical (unpaired) electrons. The molecule has 0 bridgehead atoms. The summed E-state index contributed by atoms with van der Waals surface area (Å²) in [7, 11) is 0. The molecule has 2 amide bonds. The Labute approximate surface area is 187 Å². The molecule has 0 saturated heterocycles. The third-order valence-corrected chi connectivity index (χ3v) is 5.78. The molecule has 0 fully saturated rings. The summed E-state index contributed by atoms with van der Waals surface area (Å²) in [4.78, 5) is 37.9. The van der Waals surface area contributed by atoms with Gasteiger partial charge in [-0.15, -0.1) is 0 Å². The second-order valence-corrected chi connectivity index (χ2v) is 8.18. The first-order valence-corrected chi connectivity index (χ1v) is 10.7. The van der Waals surface area contributed by atoms with Crippen molar-refractivity contribution in [2.45, 2.75) is 6.92 Å².